The average molecular weight is 289 g/mol. The second-order valence-corrected chi connectivity index (χ2v) is 4.61. The summed E-state index contributed by atoms with van der Waals surface area (Å²) in [4.78, 5) is 27.1. The third kappa shape index (κ3) is 2.62. The van der Waals surface area contributed by atoms with Crippen molar-refractivity contribution in [2.24, 2.45) is 0 Å². The number of methoxy groups -OCH3 is 1. The van der Waals surface area contributed by atoms with E-state index in [0.29, 0.717) is 17.1 Å². The second-order valence-electron chi connectivity index (χ2n) is 4.61. The molecular weight excluding hydrogens is 274 g/mol. The molecule has 7 heteroatoms. The number of hydrogen-bond acceptors (Lipinski definition) is 6. The van der Waals surface area contributed by atoms with E-state index >= 15 is 0 Å². The van der Waals surface area contributed by atoms with Gasteiger partial charge in [0.25, 0.3) is 5.70 Å². The summed E-state index contributed by atoms with van der Waals surface area (Å²) in [5.41, 5.74) is 1.46. The number of allylic oxidation sites excluding steroid dienone is 3. The van der Waals surface area contributed by atoms with Crippen LogP contribution in [-0.2, 0) is 9.53 Å². The molecule has 0 bridgehead atoms. The molecule has 2 rings (SSSR count). The summed E-state index contributed by atoms with van der Waals surface area (Å²) in [6.07, 6.45) is 1.54. The van der Waals surface area contributed by atoms with E-state index in [1.54, 1.807) is 32.0 Å². The highest BCUT2D eigenvalue weighted by Gasteiger charge is 2.41. The average Bonchev–Trinajstić information content (AvgIpc) is 2.46. The zero-order chi connectivity index (χ0) is 15.6. The zero-order valence-electron chi connectivity index (χ0n) is 11.9. The molecule has 1 atom stereocenters. The highest BCUT2D eigenvalue weighted by molar-refractivity contribution is 5.92. The maximum Gasteiger partial charge on any atom is 0.336 e. The number of rotatable bonds is 3. The van der Waals surface area contributed by atoms with E-state index in [1.807, 2.05) is 0 Å². The Morgan fingerprint density at radius 1 is 1.38 bits per heavy atom. The fourth-order valence-electron chi connectivity index (χ4n) is 2.44. The van der Waals surface area contributed by atoms with E-state index in [1.165, 1.54) is 13.3 Å². The van der Waals surface area contributed by atoms with Crippen molar-refractivity contribution in [3.63, 3.8) is 0 Å². The van der Waals surface area contributed by atoms with Crippen LogP contribution in [0.3, 0.4) is 0 Å². The van der Waals surface area contributed by atoms with E-state index in [4.69, 9.17) is 4.74 Å². The Morgan fingerprint density at radius 2 is 2.10 bits per heavy atom. The summed E-state index contributed by atoms with van der Waals surface area (Å²) in [5, 5.41) is 14.3. The summed E-state index contributed by atoms with van der Waals surface area (Å²) < 4.78 is 4.77. The Hall–Kier alpha value is -2.70. The number of nitro groups is 1. The van der Waals surface area contributed by atoms with Crippen LogP contribution in [0.15, 0.2) is 47.1 Å². The van der Waals surface area contributed by atoms with E-state index in [2.05, 4.69) is 10.3 Å². The Kier molecular flexibility index (Phi) is 4.02. The molecule has 1 aromatic rings. The van der Waals surface area contributed by atoms with Crippen LogP contribution >= 0.6 is 0 Å². The summed E-state index contributed by atoms with van der Waals surface area (Å²) in [5.74, 6) is -1.46. The Morgan fingerprint density at radius 3 is 2.62 bits per heavy atom. The van der Waals surface area contributed by atoms with Crippen LogP contribution in [0.4, 0.5) is 0 Å². The van der Waals surface area contributed by atoms with Crippen molar-refractivity contribution in [1.29, 1.82) is 0 Å². The van der Waals surface area contributed by atoms with Crippen molar-refractivity contribution >= 4 is 5.97 Å². The molecule has 7 nitrogen and oxygen atoms in total. The number of ether oxygens (including phenoxy) is 1. The largest absolute Gasteiger partial charge is 0.466 e. The first kappa shape index (κ1) is 14.7. The molecule has 0 saturated heterocycles. The van der Waals surface area contributed by atoms with Crippen LogP contribution in [0.1, 0.15) is 25.5 Å². The molecule has 1 unspecified atom stereocenters. The lowest BCUT2D eigenvalue weighted by Crippen LogP contribution is -2.31. The number of aromatic nitrogens is 1. The SMILES string of the molecule is COC(=O)C1=C(C)NC(C)=C([N+](=O)[O-])C1c1ccccn1. The maximum atomic E-state index is 12.0. The third-order valence-electron chi connectivity index (χ3n) is 3.31. The number of esters is 1. The van der Waals surface area contributed by atoms with Gasteiger partial charge in [-0.2, -0.15) is 0 Å². The summed E-state index contributed by atoms with van der Waals surface area (Å²) in [6, 6.07) is 5.09. The molecule has 1 N–H and O–H groups in total. The van der Waals surface area contributed by atoms with Crippen molar-refractivity contribution in [3.05, 3.63) is 62.9 Å². The smallest absolute Gasteiger partial charge is 0.336 e. The van der Waals surface area contributed by atoms with Gasteiger partial charge in [0.1, 0.15) is 5.92 Å². The van der Waals surface area contributed by atoms with Crippen molar-refractivity contribution in [1.82, 2.24) is 10.3 Å². The van der Waals surface area contributed by atoms with E-state index in [9.17, 15) is 14.9 Å². The van der Waals surface area contributed by atoms with Crippen molar-refractivity contribution in [2.75, 3.05) is 7.11 Å². The molecule has 0 aliphatic carbocycles. The minimum absolute atomic E-state index is 0.0975. The van der Waals surface area contributed by atoms with E-state index in [0.717, 1.165) is 0 Å². The number of carbonyl (C=O) groups is 1. The first-order chi connectivity index (χ1) is 9.97. The number of carbonyl (C=O) groups excluding carboxylic acids is 1. The number of nitrogens with one attached hydrogen (secondary N) is 1. The quantitative estimate of drug-likeness (QED) is 0.517. The van der Waals surface area contributed by atoms with Gasteiger partial charge < -0.3 is 10.1 Å². The minimum Gasteiger partial charge on any atom is -0.466 e. The lowest BCUT2D eigenvalue weighted by atomic mass is 9.87. The predicted octanol–water partition coefficient (Wildman–Crippen LogP) is 1.72. The Balaban J connectivity index is 2.66. The van der Waals surface area contributed by atoms with Crippen molar-refractivity contribution in [3.8, 4) is 0 Å². The number of pyridine rings is 1. The summed E-state index contributed by atoms with van der Waals surface area (Å²) >= 11 is 0. The van der Waals surface area contributed by atoms with Gasteiger partial charge in [-0.3, -0.25) is 15.1 Å². The van der Waals surface area contributed by atoms with Crippen LogP contribution in [0.2, 0.25) is 0 Å². The van der Waals surface area contributed by atoms with Crippen LogP contribution < -0.4 is 5.32 Å². The molecule has 0 fully saturated rings. The van der Waals surface area contributed by atoms with E-state index in [-0.39, 0.29) is 11.3 Å². The molecule has 110 valence electrons. The van der Waals surface area contributed by atoms with Crippen molar-refractivity contribution in [2.45, 2.75) is 19.8 Å². The Bertz CT molecular complexity index is 649. The molecule has 0 radical (unpaired) electrons. The predicted molar refractivity (Wildman–Crippen MR) is 74.5 cm³/mol. The Labute approximate surface area is 121 Å². The van der Waals surface area contributed by atoms with Gasteiger partial charge >= 0.3 is 5.97 Å². The fraction of sp³-hybridized carbons (Fsp3) is 0.286. The highest BCUT2D eigenvalue weighted by Crippen LogP contribution is 2.37. The van der Waals surface area contributed by atoms with Gasteiger partial charge in [0.2, 0.25) is 0 Å². The van der Waals surface area contributed by atoms with Gasteiger partial charge in [-0.05, 0) is 26.0 Å². The molecular formula is C14H15N3O4. The number of dihydropyridines is 1. The minimum atomic E-state index is -0.852. The van der Waals surface area contributed by atoms with Gasteiger partial charge in [0.15, 0.2) is 0 Å². The normalized spacial score (nSPS) is 18.3. The zero-order valence-corrected chi connectivity index (χ0v) is 11.9. The molecule has 1 aliphatic rings. The van der Waals surface area contributed by atoms with E-state index < -0.39 is 16.8 Å². The van der Waals surface area contributed by atoms with Gasteiger partial charge in [-0.1, -0.05) is 6.07 Å². The molecule has 1 aliphatic heterocycles. The highest BCUT2D eigenvalue weighted by atomic mass is 16.6. The molecule has 0 saturated carbocycles. The van der Waals surface area contributed by atoms with Gasteiger partial charge in [0, 0.05) is 11.9 Å². The van der Waals surface area contributed by atoms with Crippen LogP contribution in [0.25, 0.3) is 0 Å². The topological polar surface area (TPSA) is 94.4 Å². The first-order valence-electron chi connectivity index (χ1n) is 6.29. The molecule has 0 aromatic carbocycles. The summed E-state index contributed by atoms with van der Waals surface area (Å²) in [6.45, 7) is 3.29. The molecule has 0 spiro atoms. The fourth-order valence-corrected chi connectivity index (χ4v) is 2.44. The molecule has 2 heterocycles. The van der Waals surface area contributed by atoms with Crippen LogP contribution in [0, 0.1) is 10.1 Å². The second kappa shape index (κ2) is 5.74. The maximum absolute atomic E-state index is 12.0. The molecule has 1 aromatic heterocycles. The summed E-state index contributed by atoms with van der Waals surface area (Å²) in [7, 11) is 1.25. The number of hydrogen-bond donors (Lipinski definition) is 1. The van der Waals surface area contributed by atoms with Gasteiger partial charge in [0.05, 0.1) is 29.0 Å². The van der Waals surface area contributed by atoms with Gasteiger partial charge in [-0.25, -0.2) is 4.79 Å². The van der Waals surface area contributed by atoms with Crippen molar-refractivity contribution < 1.29 is 14.5 Å². The third-order valence-corrected chi connectivity index (χ3v) is 3.31. The van der Waals surface area contributed by atoms with Crippen LogP contribution in [-0.4, -0.2) is 23.0 Å². The molecule has 0 amide bonds. The molecule has 21 heavy (non-hydrogen) atoms. The standard InChI is InChI=1S/C14H15N3O4/c1-8-11(14(18)21-3)12(10-6-4-5-7-15-10)13(17(19)20)9(2)16-8/h4-7,12,16H,1-3H3. The van der Waals surface area contributed by atoms with Crippen LogP contribution in [0.5, 0.6) is 0 Å². The van der Waals surface area contributed by atoms with Gasteiger partial charge in [-0.15, -0.1) is 0 Å². The lowest BCUT2D eigenvalue weighted by molar-refractivity contribution is -0.431. The first-order valence-corrected chi connectivity index (χ1v) is 6.29. The number of nitrogens with zero attached hydrogens (tertiary/aromatic N) is 2. The lowest BCUT2D eigenvalue weighted by Gasteiger charge is -2.25. The monoisotopic (exact) mass is 289 g/mol.